The molecule has 2 atom stereocenters. The van der Waals surface area contributed by atoms with Gasteiger partial charge in [-0.3, -0.25) is 0 Å². The van der Waals surface area contributed by atoms with Crippen LogP contribution in [-0.2, 0) is 4.74 Å². The second kappa shape index (κ2) is 7.28. The van der Waals surface area contributed by atoms with Crippen molar-refractivity contribution in [2.24, 2.45) is 0 Å². The van der Waals surface area contributed by atoms with Gasteiger partial charge in [0.05, 0.1) is 16.2 Å². The van der Waals surface area contributed by atoms with Gasteiger partial charge in [0.2, 0.25) is 0 Å². The van der Waals surface area contributed by atoms with E-state index >= 15 is 0 Å². The summed E-state index contributed by atoms with van der Waals surface area (Å²) < 4.78 is 13.0. The van der Waals surface area contributed by atoms with E-state index in [1.165, 1.54) is 0 Å². The normalized spacial score (nSPS) is 23.7. The summed E-state index contributed by atoms with van der Waals surface area (Å²) in [5, 5.41) is 4.47. The molecule has 0 fully saturated rings. The molecule has 1 aromatic heterocycles. The van der Waals surface area contributed by atoms with Gasteiger partial charge in [-0.05, 0) is 37.6 Å². The Bertz CT molecular complexity index is 1110. The van der Waals surface area contributed by atoms with Crippen LogP contribution in [0.2, 0.25) is 0 Å². The number of H-pyrrole nitrogens is 1. The van der Waals surface area contributed by atoms with Gasteiger partial charge in [0.25, 0.3) is 0 Å². The van der Waals surface area contributed by atoms with Crippen LogP contribution in [0.4, 0.5) is 0 Å². The van der Waals surface area contributed by atoms with Crippen molar-refractivity contribution in [3.8, 4) is 5.75 Å². The second-order valence-electron chi connectivity index (χ2n) is 7.15. The van der Waals surface area contributed by atoms with Crippen molar-refractivity contribution < 1.29 is 9.47 Å². The lowest BCUT2D eigenvalue weighted by atomic mass is 9.81. The third-order valence-electron chi connectivity index (χ3n) is 5.32. The lowest BCUT2D eigenvalue weighted by Crippen LogP contribution is -2.58. The highest BCUT2D eigenvalue weighted by atomic mass is 32.1. The van der Waals surface area contributed by atoms with Crippen LogP contribution >= 0.6 is 24.4 Å². The molecule has 2 aromatic rings. The molecular weight excluding hydrogens is 388 g/mol. The van der Waals surface area contributed by atoms with Crippen molar-refractivity contribution in [3.05, 3.63) is 70.0 Å². The summed E-state index contributed by atoms with van der Waals surface area (Å²) in [6, 6.07) is 7.87. The molecule has 6 heteroatoms. The molecule has 28 heavy (non-hydrogen) atoms. The summed E-state index contributed by atoms with van der Waals surface area (Å²) in [7, 11) is 1.70. The Hall–Kier alpha value is -2.28. The number of hydrogen-bond acceptors (Lipinski definition) is 5. The number of aromatic nitrogens is 1. The maximum Gasteiger partial charge on any atom is 0.157 e. The summed E-state index contributed by atoms with van der Waals surface area (Å²) in [6.45, 7) is 4.29. The minimum Gasteiger partial charge on any atom is -0.487 e. The van der Waals surface area contributed by atoms with E-state index in [0.717, 1.165) is 32.7 Å². The molecule has 0 radical (unpaired) electrons. The maximum absolute atomic E-state index is 6.29. The standard InChI is InChI=1S/C22H22N2O2S2/c1-13-11-18(27)16-8-6-10-22(25-3,21(16)23-13)12-26-19-14(2)24-17-9-5-4-7-15(17)20(19)28/h4-11,21,23H,12H2,1-3H3,(H,24,28). The zero-order chi connectivity index (χ0) is 19.9. The number of pyridine rings is 1. The summed E-state index contributed by atoms with van der Waals surface area (Å²) in [5.41, 5.74) is 3.26. The third-order valence-corrected chi connectivity index (χ3v) is 6.08. The molecule has 0 saturated heterocycles. The first-order chi connectivity index (χ1) is 13.4. The van der Waals surface area contributed by atoms with E-state index in [1.807, 2.05) is 62.4 Å². The van der Waals surface area contributed by atoms with Gasteiger partial charge in [-0.2, -0.15) is 0 Å². The van der Waals surface area contributed by atoms with Crippen molar-refractivity contribution in [1.29, 1.82) is 0 Å². The average molecular weight is 411 g/mol. The van der Waals surface area contributed by atoms with Crippen LogP contribution < -0.4 is 10.1 Å². The number of hydrogen-bond donors (Lipinski definition) is 2. The van der Waals surface area contributed by atoms with Crippen molar-refractivity contribution >= 4 is 40.2 Å². The Labute approximate surface area is 174 Å². The first kappa shape index (κ1) is 19.1. The Morgan fingerprint density at radius 3 is 2.75 bits per heavy atom. The molecule has 0 bridgehead atoms. The van der Waals surface area contributed by atoms with E-state index < -0.39 is 5.60 Å². The van der Waals surface area contributed by atoms with Crippen molar-refractivity contribution in [2.75, 3.05) is 13.7 Å². The molecule has 0 saturated carbocycles. The predicted octanol–water partition coefficient (Wildman–Crippen LogP) is 4.71. The van der Waals surface area contributed by atoms with Gasteiger partial charge < -0.3 is 19.8 Å². The number of ether oxygens (including phenoxy) is 2. The number of allylic oxidation sites excluding steroid dienone is 4. The Kier molecular flexibility index (Phi) is 4.95. The number of rotatable bonds is 4. The molecule has 0 amide bonds. The molecule has 2 N–H and O–H groups in total. The van der Waals surface area contributed by atoms with Crippen molar-refractivity contribution in [2.45, 2.75) is 25.5 Å². The number of para-hydroxylation sites is 1. The van der Waals surface area contributed by atoms with E-state index in [0.29, 0.717) is 16.9 Å². The van der Waals surface area contributed by atoms with Crippen LogP contribution in [0.15, 0.2) is 59.8 Å². The largest absolute Gasteiger partial charge is 0.487 e. The van der Waals surface area contributed by atoms with Gasteiger partial charge in [-0.1, -0.05) is 54.8 Å². The minimum absolute atomic E-state index is 0.113. The summed E-state index contributed by atoms with van der Waals surface area (Å²) >= 11 is 11.3. The minimum atomic E-state index is -0.691. The van der Waals surface area contributed by atoms with Crippen molar-refractivity contribution in [1.82, 2.24) is 10.3 Å². The SMILES string of the molecule is COC1(COc2c(C)[nH]c3ccccc3c2=S)C=CC=C2C(=S)C=C(C)NC21. The molecular formula is C22H22N2O2S2. The zero-order valence-electron chi connectivity index (χ0n) is 16.0. The van der Waals surface area contributed by atoms with E-state index in [4.69, 9.17) is 33.9 Å². The molecule has 1 aliphatic carbocycles. The second-order valence-corrected chi connectivity index (χ2v) is 8.00. The molecule has 0 spiro atoms. The molecule has 144 valence electrons. The number of methoxy groups -OCH3 is 1. The molecule has 2 aliphatic rings. The fourth-order valence-electron chi connectivity index (χ4n) is 3.82. The van der Waals surface area contributed by atoms with Crippen LogP contribution in [-0.4, -0.2) is 35.2 Å². The van der Waals surface area contributed by atoms with E-state index in [9.17, 15) is 0 Å². The van der Waals surface area contributed by atoms with E-state index in [-0.39, 0.29) is 6.04 Å². The topological polar surface area (TPSA) is 46.3 Å². The average Bonchev–Trinajstić information content (AvgIpc) is 2.68. The molecule has 2 heterocycles. The Balaban J connectivity index is 1.69. The summed E-state index contributed by atoms with van der Waals surface area (Å²) in [5.74, 6) is 0.681. The Morgan fingerprint density at radius 1 is 1.18 bits per heavy atom. The fourth-order valence-corrected chi connectivity index (χ4v) is 4.57. The molecule has 2 unspecified atom stereocenters. The maximum atomic E-state index is 6.29. The third kappa shape index (κ3) is 3.11. The van der Waals surface area contributed by atoms with Crippen LogP contribution in [0.3, 0.4) is 0 Å². The predicted molar refractivity (Wildman–Crippen MR) is 120 cm³/mol. The zero-order valence-corrected chi connectivity index (χ0v) is 17.7. The number of aryl methyl sites for hydroxylation is 1. The van der Waals surface area contributed by atoms with E-state index in [1.54, 1.807) is 7.11 Å². The number of nitrogens with one attached hydrogen (secondary N) is 2. The molecule has 1 aliphatic heterocycles. The Morgan fingerprint density at radius 2 is 1.96 bits per heavy atom. The van der Waals surface area contributed by atoms with Gasteiger partial charge in [0, 0.05) is 28.6 Å². The molecule has 1 aromatic carbocycles. The van der Waals surface area contributed by atoms with Gasteiger partial charge in [0.15, 0.2) is 5.75 Å². The quantitative estimate of drug-likeness (QED) is 0.715. The highest BCUT2D eigenvalue weighted by Crippen LogP contribution is 2.33. The lowest BCUT2D eigenvalue weighted by molar-refractivity contribution is -0.0234. The first-order valence-corrected chi connectivity index (χ1v) is 9.95. The monoisotopic (exact) mass is 410 g/mol. The van der Waals surface area contributed by atoms with E-state index in [2.05, 4.69) is 10.3 Å². The van der Waals surface area contributed by atoms with Gasteiger partial charge >= 0.3 is 0 Å². The first-order valence-electron chi connectivity index (χ1n) is 9.13. The number of aromatic amines is 1. The highest BCUT2D eigenvalue weighted by molar-refractivity contribution is 7.81. The summed E-state index contributed by atoms with van der Waals surface area (Å²) in [4.78, 5) is 4.21. The highest BCUT2D eigenvalue weighted by Gasteiger charge is 2.44. The summed E-state index contributed by atoms with van der Waals surface area (Å²) in [6.07, 6.45) is 8.02. The number of benzene rings is 1. The lowest BCUT2D eigenvalue weighted by Gasteiger charge is -2.42. The molecule has 4 rings (SSSR count). The smallest absolute Gasteiger partial charge is 0.157 e. The molecule has 4 nitrogen and oxygen atoms in total. The van der Waals surface area contributed by atoms with Crippen LogP contribution in [0.5, 0.6) is 5.75 Å². The van der Waals surface area contributed by atoms with Crippen LogP contribution in [0.25, 0.3) is 10.9 Å². The number of fused-ring (bicyclic) bond motifs is 2. The van der Waals surface area contributed by atoms with Crippen LogP contribution in [0, 0.1) is 11.4 Å². The van der Waals surface area contributed by atoms with Gasteiger partial charge in [-0.25, -0.2) is 0 Å². The van der Waals surface area contributed by atoms with Gasteiger partial charge in [0.1, 0.15) is 12.2 Å². The van der Waals surface area contributed by atoms with Gasteiger partial charge in [-0.15, -0.1) is 0 Å². The van der Waals surface area contributed by atoms with Crippen LogP contribution in [0.1, 0.15) is 12.6 Å². The fraction of sp³-hybridized carbons (Fsp3) is 0.273. The van der Waals surface area contributed by atoms with Crippen molar-refractivity contribution in [3.63, 3.8) is 0 Å². The number of thiocarbonyl (C=S) groups is 1.